The number of anilines is 1. The highest BCUT2D eigenvalue weighted by atomic mass is 16.5. The summed E-state index contributed by atoms with van der Waals surface area (Å²) in [5.41, 5.74) is 7.44. The molecule has 1 fully saturated rings. The van der Waals surface area contributed by atoms with Gasteiger partial charge in [0.1, 0.15) is 0 Å². The number of nitrogens with two attached hydrogens (primary N) is 1. The van der Waals surface area contributed by atoms with Crippen molar-refractivity contribution < 1.29 is 9.53 Å². The first-order valence-corrected chi connectivity index (χ1v) is 6.22. The molecule has 0 spiro atoms. The number of amides is 2. The molecule has 0 aromatic heterocycles. The van der Waals surface area contributed by atoms with Crippen molar-refractivity contribution >= 4 is 11.7 Å². The maximum absolute atomic E-state index is 11.7. The highest BCUT2D eigenvalue weighted by molar-refractivity contribution is 5.89. The number of hydrogen-bond acceptors (Lipinski definition) is 3. The van der Waals surface area contributed by atoms with Crippen LogP contribution in [0, 0.1) is 0 Å². The van der Waals surface area contributed by atoms with Gasteiger partial charge in [-0.2, -0.15) is 0 Å². The van der Waals surface area contributed by atoms with Crippen LogP contribution in [0.5, 0.6) is 0 Å². The molecule has 0 radical (unpaired) electrons. The highest BCUT2D eigenvalue weighted by Gasteiger charge is 2.17. The molecule has 1 atom stereocenters. The quantitative estimate of drug-likeness (QED) is 0.748. The molecule has 1 saturated heterocycles. The molecule has 5 heteroatoms. The van der Waals surface area contributed by atoms with Crippen molar-refractivity contribution in [3.05, 3.63) is 29.8 Å². The number of urea groups is 1. The van der Waals surface area contributed by atoms with Gasteiger partial charge in [0.25, 0.3) is 0 Å². The number of benzene rings is 1. The van der Waals surface area contributed by atoms with Crippen molar-refractivity contribution in [3.8, 4) is 0 Å². The van der Waals surface area contributed by atoms with E-state index in [1.165, 1.54) is 5.56 Å². The van der Waals surface area contributed by atoms with Crippen LogP contribution in [0.25, 0.3) is 0 Å². The lowest BCUT2D eigenvalue weighted by molar-refractivity contribution is 0.189. The molecule has 1 aliphatic rings. The fraction of sp³-hybridized carbons (Fsp3) is 0.462. The Labute approximate surface area is 107 Å². The Hall–Kier alpha value is -1.59. The Bertz CT molecular complexity index is 386. The van der Waals surface area contributed by atoms with Crippen molar-refractivity contribution in [3.63, 3.8) is 0 Å². The minimum atomic E-state index is -0.183. The van der Waals surface area contributed by atoms with Gasteiger partial charge in [0.05, 0.1) is 12.6 Å². The van der Waals surface area contributed by atoms with Gasteiger partial charge in [-0.3, -0.25) is 0 Å². The molecule has 0 aliphatic carbocycles. The largest absolute Gasteiger partial charge is 0.379 e. The van der Waals surface area contributed by atoms with Crippen LogP contribution >= 0.6 is 0 Å². The topological polar surface area (TPSA) is 76.4 Å². The number of ether oxygens (including phenoxy) is 1. The van der Waals surface area contributed by atoms with E-state index >= 15 is 0 Å². The van der Waals surface area contributed by atoms with E-state index < -0.39 is 0 Å². The van der Waals surface area contributed by atoms with Gasteiger partial charge in [0.15, 0.2) is 0 Å². The third kappa shape index (κ3) is 3.72. The summed E-state index contributed by atoms with van der Waals surface area (Å²) in [5, 5.41) is 5.67. The van der Waals surface area contributed by atoms with Gasteiger partial charge < -0.3 is 21.1 Å². The molecule has 18 heavy (non-hydrogen) atoms. The van der Waals surface area contributed by atoms with Crippen molar-refractivity contribution in [1.82, 2.24) is 5.32 Å². The fourth-order valence-corrected chi connectivity index (χ4v) is 1.92. The molecular weight excluding hydrogens is 230 g/mol. The van der Waals surface area contributed by atoms with E-state index in [-0.39, 0.29) is 12.1 Å². The number of carbonyl (C=O) groups excluding carboxylic acids is 1. The molecule has 1 aromatic carbocycles. The summed E-state index contributed by atoms with van der Waals surface area (Å²) in [5.74, 6) is 0. The van der Waals surface area contributed by atoms with Crippen molar-refractivity contribution in [2.45, 2.75) is 18.9 Å². The average Bonchev–Trinajstić information content (AvgIpc) is 2.84. The first-order valence-electron chi connectivity index (χ1n) is 6.22. The van der Waals surface area contributed by atoms with E-state index in [0.717, 1.165) is 25.1 Å². The summed E-state index contributed by atoms with van der Waals surface area (Å²) in [4.78, 5) is 11.7. The lowest BCUT2D eigenvalue weighted by atomic mass is 10.1. The summed E-state index contributed by atoms with van der Waals surface area (Å²) in [7, 11) is 0. The number of rotatable bonds is 4. The average molecular weight is 249 g/mol. The van der Waals surface area contributed by atoms with Gasteiger partial charge in [-0.25, -0.2) is 4.79 Å². The van der Waals surface area contributed by atoms with Crippen LogP contribution in [0.15, 0.2) is 24.3 Å². The maximum Gasteiger partial charge on any atom is 0.319 e. The number of carbonyl (C=O) groups is 1. The van der Waals surface area contributed by atoms with Crippen molar-refractivity contribution in [1.29, 1.82) is 0 Å². The molecule has 2 amide bonds. The van der Waals surface area contributed by atoms with E-state index in [0.29, 0.717) is 13.2 Å². The standard InChI is InChI=1S/C13H19N3O2/c14-7-5-10-1-3-11(4-2-10)15-13(17)16-12-6-8-18-9-12/h1-4,12H,5-9,14H2,(H2,15,16,17). The van der Waals surface area contributed by atoms with Crippen molar-refractivity contribution in [2.24, 2.45) is 5.73 Å². The molecule has 0 bridgehead atoms. The monoisotopic (exact) mass is 249 g/mol. The number of nitrogens with one attached hydrogen (secondary N) is 2. The maximum atomic E-state index is 11.7. The SMILES string of the molecule is NCCc1ccc(NC(=O)NC2CCOC2)cc1. The second-order valence-corrected chi connectivity index (χ2v) is 4.39. The van der Waals surface area contributed by atoms with E-state index in [1.807, 2.05) is 24.3 Å². The molecule has 1 aromatic rings. The Kier molecular flexibility index (Phi) is 4.55. The summed E-state index contributed by atoms with van der Waals surface area (Å²) in [6.45, 7) is 1.95. The molecular formula is C13H19N3O2. The van der Waals surface area contributed by atoms with Gasteiger partial charge >= 0.3 is 6.03 Å². The van der Waals surface area contributed by atoms with E-state index in [9.17, 15) is 4.79 Å². The summed E-state index contributed by atoms with van der Waals surface area (Å²) in [6.07, 6.45) is 1.73. The fourth-order valence-electron chi connectivity index (χ4n) is 1.92. The highest BCUT2D eigenvalue weighted by Crippen LogP contribution is 2.10. The Morgan fingerprint density at radius 3 is 2.78 bits per heavy atom. The van der Waals surface area contributed by atoms with Crippen molar-refractivity contribution in [2.75, 3.05) is 25.1 Å². The molecule has 1 heterocycles. The third-order valence-corrected chi connectivity index (χ3v) is 2.91. The molecule has 0 saturated carbocycles. The molecule has 5 nitrogen and oxygen atoms in total. The summed E-state index contributed by atoms with van der Waals surface area (Å²) in [6, 6.07) is 7.66. The first-order chi connectivity index (χ1) is 8.78. The van der Waals surface area contributed by atoms with E-state index in [1.54, 1.807) is 0 Å². The van der Waals surface area contributed by atoms with Gasteiger partial charge in [0.2, 0.25) is 0 Å². The minimum absolute atomic E-state index is 0.126. The second-order valence-electron chi connectivity index (χ2n) is 4.39. The Balaban J connectivity index is 1.82. The zero-order chi connectivity index (χ0) is 12.8. The van der Waals surface area contributed by atoms with Crippen LogP contribution in [0.4, 0.5) is 10.5 Å². The van der Waals surface area contributed by atoms with Gasteiger partial charge in [-0.15, -0.1) is 0 Å². The number of hydrogen-bond donors (Lipinski definition) is 3. The predicted molar refractivity (Wildman–Crippen MR) is 70.6 cm³/mol. The van der Waals surface area contributed by atoms with Gasteiger partial charge in [-0.05, 0) is 37.1 Å². The van der Waals surface area contributed by atoms with Gasteiger partial charge in [0, 0.05) is 12.3 Å². The Morgan fingerprint density at radius 1 is 1.39 bits per heavy atom. The zero-order valence-electron chi connectivity index (χ0n) is 10.3. The van der Waals surface area contributed by atoms with Crippen LogP contribution in [0.1, 0.15) is 12.0 Å². The van der Waals surface area contributed by atoms with E-state index in [4.69, 9.17) is 10.5 Å². The molecule has 2 rings (SSSR count). The van der Waals surface area contributed by atoms with E-state index in [2.05, 4.69) is 10.6 Å². The van der Waals surface area contributed by atoms with Crippen LogP contribution in [0.2, 0.25) is 0 Å². The summed E-state index contributed by atoms with van der Waals surface area (Å²) < 4.78 is 5.20. The van der Waals surface area contributed by atoms with Gasteiger partial charge in [-0.1, -0.05) is 12.1 Å². The molecule has 1 aliphatic heterocycles. The Morgan fingerprint density at radius 2 is 2.17 bits per heavy atom. The molecule has 98 valence electrons. The molecule has 4 N–H and O–H groups in total. The van der Waals surface area contributed by atoms with Crippen LogP contribution in [0.3, 0.4) is 0 Å². The molecule has 1 unspecified atom stereocenters. The zero-order valence-corrected chi connectivity index (χ0v) is 10.3. The first kappa shape index (κ1) is 12.9. The van der Waals surface area contributed by atoms with Crippen LogP contribution in [-0.2, 0) is 11.2 Å². The third-order valence-electron chi connectivity index (χ3n) is 2.91. The van der Waals surface area contributed by atoms with Crippen LogP contribution in [-0.4, -0.2) is 31.8 Å². The minimum Gasteiger partial charge on any atom is -0.379 e. The normalized spacial score (nSPS) is 18.6. The predicted octanol–water partition coefficient (Wildman–Crippen LogP) is 1.10. The van der Waals surface area contributed by atoms with Crippen LogP contribution < -0.4 is 16.4 Å². The lowest BCUT2D eigenvalue weighted by Gasteiger charge is -2.12. The summed E-state index contributed by atoms with van der Waals surface area (Å²) >= 11 is 0. The lowest BCUT2D eigenvalue weighted by Crippen LogP contribution is -2.38. The smallest absolute Gasteiger partial charge is 0.319 e. The second kappa shape index (κ2) is 6.37.